The zero-order valence-corrected chi connectivity index (χ0v) is 16.1. The highest BCUT2D eigenvalue weighted by molar-refractivity contribution is 7.86. The molecule has 0 aromatic heterocycles. The van der Waals surface area contributed by atoms with Crippen LogP contribution in [0.15, 0.2) is 58.3 Å². The van der Waals surface area contributed by atoms with Crippen molar-refractivity contribution in [1.29, 1.82) is 0 Å². The quantitative estimate of drug-likeness (QED) is 0.229. The lowest BCUT2D eigenvalue weighted by molar-refractivity contribution is 0.112. The molecule has 0 amide bonds. The molecule has 15 heteroatoms. The third kappa shape index (κ3) is 8.53. The lowest BCUT2D eigenvalue weighted by Gasteiger charge is -2.06. The highest BCUT2D eigenvalue weighted by atomic mass is 32.2. The van der Waals surface area contributed by atoms with Crippen molar-refractivity contribution in [3.05, 3.63) is 54.1 Å². The second-order valence-corrected chi connectivity index (χ2v) is 8.87. The molecule has 0 radical (unpaired) electrons. The topological polar surface area (TPSA) is 204 Å². The first-order chi connectivity index (χ1) is 12.7. The van der Waals surface area contributed by atoms with E-state index in [9.17, 15) is 30.0 Å². The zero-order chi connectivity index (χ0) is 21.6. The Morgan fingerprint density at radius 1 is 0.750 bits per heavy atom. The fourth-order valence-corrected chi connectivity index (χ4v) is 2.91. The summed E-state index contributed by atoms with van der Waals surface area (Å²) in [5, 5.41) is 0. The highest BCUT2D eigenvalue weighted by Gasteiger charge is 2.10. The standard InChI is InChI=1S/C7H6O4S.C6H8N2O6S2/c8-5-6-2-1-3-7(4-6)12(9,10)11;9-15(10,11)6-3-1-2-5(4-6)7-8-16(12,13)14/h1-5H,(H,9,10,11);1-4,7-8H,(H,9,10,11)(H,12,13,14). The first-order valence-corrected chi connectivity index (χ1v) is 11.1. The van der Waals surface area contributed by atoms with Gasteiger partial charge in [0.15, 0.2) is 0 Å². The van der Waals surface area contributed by atoms with Crippen molar-refractivity contribution < 1.29 is 43.7 Å². The molecule has 2 rings (SSSR count). The summed E-state index contributed by atoms with van der Waals surface area (Å²) in [5.41, 5.74) is 2.28. The van der Waals surface area contributed by atoms with Gasteiger partial charge < -0.3 is 5.43 Å². The third-order valence-corrected chi connectivity index (χ3v) is 4.81. The lowest BCUT2D eigenvalue weighted by atomic mass is 10.2. The monoisotopic (exact) mass is 454 g/mol. The molecule has 0 spiro atoms. The minimum Gasteiger partial charge on any atom is -0.306 e. The first-order valence-electron chi connectivity index (χ1n) is 6.83. The fraction of sp³-hybridized carbons (Fsp3) is 0. The van der Waals surface area contributed by atoms with Crippen LogP contribution in [0.1, 0.15) is 10.4 Å². The number of rotatable bonds is 6. The number of hydrogen-bond acceptors (Lipinski definition) is 8. The molecule has 0 aliphatic carbocycles. The van der Waals surface area contributed by atoms with Crippen molar-refractivity contribution in [2.75, 3.05) is 5.43 Å². The molecule has 0 aliphatic heterocycles. The van der Waals surface area contributed by atoms with Crippen molar-refractivity contribution in [1.82, 2.24) is 4.83 Å². The van der Waals surface area contributed by atoms with E-state index in [1.807, 2.05) is 5.43 Å². The Morgan fingerprint density at radius 3 is 1.71 bits per heavy atom. The van der Waals surface area contributed by atoms with E-state index in [0.717, 1.165) is 18.2 Å². The van der Waals surface area contributed by atoms with E-state index < -0.39 is 35.4 Å². The molecule has 154 valence electrons. The summed E-state index contributed by atoms with van der Waals surface area (Å²) < 4.78 is 88.7. The number of carbonyl (C=O) groups is 1. The number of aldehydes is 1. The molecule has 0 saturated heterocycles. The van der Waals surface area contributed by atoms with E-state index >= 15 is 0 Å². The van der Waals surface area contributed by atoms with E-state index in [0.29, 0.717) is 6.29 Å². The maximum atomic E-state index is 10.7. The maximum Gasteiger partial charge on any atom is 0.350 e. The van der Waals surface area contributed by atoms with E-state index in [1.165, 1.54) is 35.2 Å². The largest absolute Gasteiger partial charge is 0.350 e. The van der Waals surface area contributed by atoms with Crippen LogP contribution in [0.2, 0.25) is 0 Å². The van der Waals surface area contributed by atoms with Gasteiger partial charge >= 0.3 is 10.3 Å². The average molecular weight is 454 g/mol. The molecule has 0 bridgehead atoms. The van der Waals surface area contributed by atoms with Gasteiger partial charge in [-0.15, -0.1) is 4.83 Å². The van der Waals surface area contributed by atoms with Gasteiger partial charge in [0.25, 0.3) is 20.2 Å². The van der Waals surface area contributed by atoms with E-state index in [-0.39, 0.29) is 16.1 Å². The van der Waals surface area contributed by atoms with Crippen LogP contribution < -0.4 is 10.3 Å². The van der Waals surface area contributed by atoms with E-state index in [1.54, 1.807) is 0 Å². The molecule has 2 aromatic carbocycles. The molecule has 0 saturated carbocycles. The molecule has 0 aliphatic rings. The van der Waals surface area contributed by atoms with Crippen molar-refractivity contribution in [3.63, 3.8) is 0 Å². The van der Waals surface area contributed by atoms with Crippen LogP contribution in [-0.2, 0) is 30.5 Å². The van der Waals surface area contributed by atoms with Crippen LogP contribution in [0, 0.1) is 0 Å². The Labute approximate surface area is 160 Å². The van der Waals surface area contributed by atoms with Gasteiger partial charge in [0.2, 0.25) is 0 Å². The Morgan fingerprint density at radius 2 is 1.25 bits per heavy atom. The van der Waals surface area contributed by atoms with Crippen molar-refractivity contribution in [2.24, 2.45) is 0 Å². The van der Waals surface area contributed by atoms with E-state index in [4.69, 9.17) is 13.7 Å². The maximum absolute atomic E-state index is 10.7. The summed E-state index contributed by atoms with van der Waals surface area (Å²) in [4.78, 5) is 11.0. The number of hydrogen-bond donors (Lipinski definition) is 5. The minimum absolute atomic E-state index is 0.0350. The van der Waals surface area contributed by atoms with Crippen LogP contribution >= 0.6 is 0 Å². The number of benzene rings is 2. The Bertz CT molecular complexity index is 1160. The van der Waals surface area contributed by atoms with Gasteiger partial charge in [-0.05, 0) is 30.3 Å². The van der Waals surface area contributed by atoms with Gasteiger partial charge in [-0.1, -0.05) is 18.2 Å². The van der Waals surface area contributed by atoms with Gasteiger partial charge in [-0.3, -0.25) is 18.5 Å². The van der Waals surface area contributed by atoms with Gasteiger partial charge in [0.05, 0.1) is 15.5 Å². The molecular weight excluding hydrogens is 440 g/mol. The third-order valence-electron chi connectivity index (χ3n) is 2.75. The summed E-state index contributed by atoms with van der Waals surface area (Å²) in [6.07, 6.45) is 0.509. The Balaban J connectivity index is 0.000000292. The summed E-state index contributed by atoms with van der Waals surface area (Å²) >= 11 is 0. The predicted octanol–water partition coefficient (Wildman–Crippen LogP) is 0.398. The highest BCUT2D eigenvalue weighted by Crippen LogP contribution is 2.14. The van der Waals surface area contributed by atoms with Crippen LogP contribution in [0.5, 0.6) is 0 Å². The van der Waals surface area contributed by atoms with Gasteiger partial charge in [0.1, 0.15) is 6.29 Å². The number of hydrazine groups is 1. The predicted molar refractivity (Wildman–Crippen MR) is 96.2 cm³/mol. The van der Waals surface area contributed by atoms with Crippen LogP contribution in [0.3, 0.4) is 0 Å². The SMILES string of the molecule is O=Cc1cccc(S(=O)(=O)O)c1.O=S(=O)(O)NNc1cccc(S(=O)(=O)O)c1. The Kier molecular flexibility index (Phi) is 7.76. The minimum atomic E-state index is -4.44. The van der Waals surface area contributed by atoms with Crippen LogP contribution in [0.25, 0.3) is 0 Å². The van der Waals surface area contributed by atoms with Crippen molar-refractivity contribution in [2.45, 2.75) is 9.79 Å². The molecule has 0 heterocycles. The second-order valence-electron chi connectivity index (χ2n) is 4.87. The van der Waals surface area contributed by atoms with Crippen LogP contribution in [0.4, 0.5) is 5.69 Å². The molecule has 0 fully saturated rings. The summed E-state index contributed by atoms with van der Waals surface area (Å²) in [6.45, 7) is 0. The molecule has 0 atom stereocenters. The van der Waals surface area contributed by atoms with Crippen LogP contribution in [-0.4, -0.2) is 45.2 Å². The Hall–Kier alpha value is -2.40. The summed E-state index contributed by atoms with van der Waals surface area (Å²) in [6, 6.07) is 9.84. The van der Waals surface area contributed by atoms with Gasteiger partial charge in [-0.25, -0.2) is 0 Å². The number of nitrogens with one attached hydrogen (secondary N) is 2. The number of anilines is 1. The number of carbonyl (C=O) groups excluding carboxylic acids is 1. The van der Waals surface area contributed by atoms with Gasteiger partial charge in [-0.2, -0.15) is 25.3 Å². The lowest BCUT2D eigenvalue weighted by Crippen LogP contribution is -2.28. The second kappa shape index (κ2) is 9.20. The smallest absolute Gasteiger partial charge is 0.306 e. The molecule has 12 nitrogen and oxygen atoms in total. The molecule has 2 aromatic rings. The zero-order valence-electron chi connectivity index (χ0n) is 13.6. The summed E-state index contributed by atoms with van der Waals surface area (Å²) in [7, 11) is -13.0. The molecule has 0 unspecified atom stereocenters. The first kappa shape index (κ1) is 23.6. The van der Waals surface area contributed by atoms with Crippen molar-refractivity contribution >= 4 is 42.5 Å². The molecular formula is C13H14N2O10S3. The molecule has 28 heavy (non-hydrogen) atoms. The van der Waals surface area contributed by atoms with Gasteiger partial charge in [0, 0.05) is 5.56 Å². The van der Waals surface area contributed by atoms with E-state index in [2.05, 4.69) is 0 Å². The van der Waals surface area contributed by atoms with Crippen molar-refractivity contribution in [3.8, 4) is 0 Å². The normalized spacial score (nSPS) is 11.8. The average Bonchev–Trinajstić information content (AvgIpc) is 2.59. The molecule has 5 N–H and O–H groups in total. The summed E-state index contributed by atoms with van der Waals surface area (Å²) in [5.74, 6) is 0. The fourth-order valence-electron chi connectivity index (χ4n) is 1.61.